The average Bonchev–Trinajstić information content (AvgIpc) is 2.47. The van der Waals surface area contributed by atoms with E-state index in [-0.39, 0.29) is 0 Å². The molecule has 0 unspecified atom stereocenters. The predicted molar refractivity (Wildman–Crippen MR) is 83.4 cm³/mol. The standard InChI is InChI=1S/C15H21N5/c1-11(2)10-20(3)14-9-13(19-16)17-15(18-14)12-7-5-4-6-8-12/h4-9,11H,10,16H2,1-3H3,(H,17,18,19). The van der Waals surface area contributed by atoms with Gasteiger partial charge >= 0.3 is 0 Å². The molecule has 1 aromatic carbocycles. The first-order valence-corrected chi connectivity index (χ1v) is 6.72. The van der Waals surface area contributed by atoms with Gasteiger partial charge in [0.2, 0.25) is 0 Å². The number of rotatable bonds is 5. The van der Waals surface area contributed by atoms with E-state index in [2.05, 4.69) is 34.1 Å². The third-order valence-electron chi connectivity index (χ3n) is 2.92. The zero-order valence-corrected chi connectivity index (χ0v) is 12.2. The number of nitrogens with zero attached hydrogens (tertiary/aromatic N) is 3. The topological polar surface area (TPSA) is 67.1 Å². The van der Waals surface area contributed by atoms with Crippen molar-refractivity contribution < 1.29 is 0 Å². The van der Waals surface area contributed by atoms with Gasteiger partial charge in [-0.3, -0.25) is 0 Å². The van der Waals surface area contributed by atoms with Crippen LogP contribution in [0.1, 0.15) is 13.8 Å². The molecule has 2 aromatic rings. The van der Waals surface area contributed by atoms with E-state index in [1.807, 2.05) is 43.4 Å². The van der Waals surface area contributed by atoms with Crippen molar-refractivity contribution in [3.8, 4) is 11.4 Å². The van der Waals surface area contributed by atoms with Crippen molar-refractivity contribution in [1.82, 2.24) is 9.97 Å². The number of hydrazine groups is 1. The number of anilines is 2. The molecule has 1 heterocycles. The Bertz CT molecular complexity index is 553. The summed E-state index contributed by atoms with van der Waals surface area (Å²) < 4.78 is 0. The van der Waals surface area contributed by atoms with Gasteiger partial charge in [-0.2, -0.15) is 0 Å². The molecule has 1 aromatic heterocycles. The molecular weight excluding hydrogens is 250 g/mol. The zero-order valence-electron chi connectivity index (χ0n) is 12.2. The molecule has 0 aliphatic heterocycles. The lowest BCUT2D eigenvalue weighted by Gasteiger charge is -2.21. The second kappa shape index (κ2) is 6.34. The molecule has 5 nitrogen and oxygen atoms in total. The normalized spacial score (nSPS) is 10.7. The molecule has 0 fully saturated rings. The maximum Gasteiger partial charge on any atom is 0.163 e. The lowest BCUT2D eigenvalue weighted by atomic mass is 10.2. The third kappa shape index (κ3) is 3.45. The highest BCUT2D eigenvalue weighted by Gasteiger charge is 2.10. The van der Waals surface area contributed by atoms with Gasteiger partial charge in [-0.05, 0) is 5.92 Å². The maximum absolute atomic E-state index is 5.51. The van der Waals surface area contributed by atoms with Gasteiger partial charge < -0.3 is 10.3 Å². The van der Waals surface area contributed by atoms with Crippen molar-refractivity contribution in [2.75, 3.05) is 23.9 Å². The van der Waals surface area contributed by atoms with E-state index in [1.165, 1.54) is 0 Å². The van der Waals surface area contributed by atoms with Crippen molar-refractivity contribution in [3.63, 3.8) is 0 Å². The Labute approximate surface area is 119 Å². The van der Waals surface area contributed by atoms with E-state index >= 15 is 0 Å². The summed E-state index contributed by atoms with van der Waals surface area (Å²) in [4.78, 5) is 11.1. The van der Waals surface area contributed by atoms with Gasteiger partial charge in [-0.25, -0.2) is 15.8 Å². The Kier molecular flexibility index (Phi) is 4.53. The highest BCUT2D eigenvalue weighted by atomic mass is 15.3. The highest BCUT2D eigenvalue weighted by Crippen LogP contribution is 2.21. The number of nitrogens with one attached hydrogen (secondary N) is 1. The fourth-order valence-electron chi connectivity index (χ4n) is 2.06. The Morgan fingerprint density at radius 2 is 1.90 bits per heavy atom. The van der Waals surface area contributed by atoms with Gasteiger partial charge in [0.15, 0.2) is 5.82 Å². The SMILES string of the molecule is CC(C)CN(C)c1cc(NN)nc(-c2ccccc2)n1. The summed E-state index contributed by atoms with van der Waals surface area (Å²) in [5.41, 5.74) is 3.58. The minimum atomic E-state index is 0.560. The minimum Gasteiger partial charge on any atom is -0.359 e. The van der Waals surface area contributed by atoms with Gasteiger partial charge in [-0.1, -0.05) is 44.2 Å². The van der Waals surface area contributed by atoms with E-state index in [0.29, 0.717) is 17.6 Å². The number of aromatic nitrogens is 2. The van der Waals surface area contributed by atoms with Crippen LogP contribution in [-0.4, -0.2) is 23.6 Å². The summed E-state index contributed by atoms with van der Waals surface area (Å²) in [7, 11) is 2.03. The van der Waals surface area contributed by atoms with E-state index in [9.17, 15) is 0 Å². The molecule has 0 atom stereocenters. The summed E-state index contributed by atoms with van der Waals surface area (Å²) in [5, 5.41) is 0. The van der Waals surface area contributed by atoms with E-state index in [4.69, 9.17) is 5.84 Å². The van der Waals surface area contributed by atoms with Crippen LogP contribution in [0.2, 0.25) is 0 Å². The summed E-state index contributed by atoms with van der Waals surface area (Å²) in [6, 6.07) is 11.7. The lowest BCUT2D eigenvalue weighted by Crippen LogP contribution is -2.24. The van der Waals surface area contributed by atoms with Crippen LogP contribution in [0.25, 0.3) is 11.4 Å². The largest absolute Gasteiger partial charge is 0.359 e. The van der Waals surface area contributed by atoms with Crippen molar-refractivity contribution in [2.24, 2.45) is 11.8 Å². The molecule has 0 aliphatic rings. The highest BCUT2D eigenvalue weighted by molar-refractivity contribution is 5.61. The molecule has 3 N–H and O–H groups in total. The first-order chi connectivity index (χ1) is 9.60. The zero-order chi connectivity index (χ0) is 14.5. The number of hydrogen-bond acceptors (Lipinski definition) is 5. The molecular formula is C15H21N5. The van der Waals surface area contributed by atoms with E-state index in [1.54, 1.807) is 0 Å². The Morgan fingerprint density at radius 1 is 1.20 bits per heavy atom. The van der Waals surface area contributed by atoms with Crippen molar-refractivity contribution >= 4 is 11.6 Å². The molecule has 20 heavy (non-hydrogen) atoms. The van der Waals surface area contributed by atoms with Crippen LogP contribution in [-0.2, 0) is 0 Å². The Morgan fingerprint density at radius 3 is 2.50 bits per heavy atom. The van der Waals surface area contributed by atoms with Crippen LogP contribution in [0.3, 0.4) is 0 Å². The fraction of sp³-hybridized carbons (Fsp3) is 0.333. The number of nitrogens with two attached hydrogens (primary N) is 1. The molecule has 2 rings (SSSR count). The number of benzene rings is 1. The number of nitrogen functional groups attached to an aromatic ring is 1. The van der Waals surface area contributed by atoms with Gasteiger partial charge in [-0.15, -0.1) is 0 Å². The predicted octanol–water partition coefficient (Wildman–Crippen LogP) is 2.52. The second-order valence-electron chi connectivity index (χ2n) is 5.22. The monoisotopic (exact) mass is 271 g/mol. The molecule has 0 amide bonds. The molecule has 0 radical (unpaired) electrons. The van der Waals surface area contributed by atoms with Gasteiger partial charge in [0, 0.05) is 25.2 Å². The summed E-state index contributed by atoms with van der Waals surface area (Å²) >= 11 is 0. The van der Waals surface area contributed by atoms with Crippen molar-refractivity contribution in [3.05, 3.63) is 36.4 Å². The van der Waals surface area contributed by atoms with Gasteiger partial charge in [0.05, 0.1) is 0 Å². The van der Waals surface area contributed by atoms with Crippen LogP contribution in [0.4, 0.5) is 11.6 Å². The molecule has 0 aliphatic carbocycles. The summed E-state index contributed by atoms with van der Waals surface area (Å²) in [5.74, 6) is 8.22. The van der Waals surface area contributed by atoms with E-state index in [0.717, 1.165) is 17.9 Å². The van der Waals surface area contributed by atoms with Crippen LogP contribution in [0, 0.1) is 5.92 Å². The average molecular weight is 271 g/mol. The lowest BCUT2D eigenvalue weighted by molar-refractivity contribution is 0.634. The summed E-state index contributed by atoms with van der Waals surface area (Å²) in [6.45, 7) is 5.28. The molecule has 5 heteroatoms. The molecule has 0 saturated carbocycles. The molecule has 0 saturated heterocycles. The van der Waals surface area contributed by atoms with E-state index < -0.39 is 0 Å². The Hall–Kier alpha value is -2.14. The fourth-order valence-corrected chi connectivity index (χ4v) is 2.06. The van der Waals surface area contributed by atoms with Crippen molar-refractivity contribution in [2.45, 2.75) is 13.8 Å². The van der Waals surface area contributed by atoms with Crippen LogP contribution in [0.5, 0.6) is 0 Å². The van der Waals surface area contributed by atoms with Gasteiger partial charge in [0.1, 0.15) is 11.6 Å². The smallest absolute Gasteiger partial charge is 0.163 e. The molecule has 0 spiro atoms. The third-order valence-corrected chi connectivity index (χ3v) is 2.92. The van der Waals surface area contributed by atoms with Crippen LogP contribution < -0.4 is 16.2 Å². The molecule has 0 bridgehead atoms. The molecule has 106 valence electrons. The van der Waals surface area contributed by atoms with Crippen LogP contribution in [0.15, 0.2) is 36.4 Å². The number of hydrogen-bond donors (Lipinski definition) is 2. The van der Waals surface area contributed by atoms with Crippen LogP contribution >= 0.6 is 0 Å². The minimum absolute atomic E-state index is 0.560. The first kappa shape index (κ1) is 14.3. The maximum atomic E-state index is 5.51. The quantitative estimate of drug-likeness (QED) is 0.646. The Balaban J connectivity index is 2.39. The summed E-state index contributed by atoms with van der Waals surface area (Å²) in [6.07, 6.45) is 0. The van der Waals surface area contributed by atoms with Crippen molar-refractivity contribution in [1.29, 1.82) is 0 Å². The van der Waals surface area contributed by atoms with Gasteiger partial charge in [0.25, 0.3) is 0 Å². The first-order valence-electron chi connectivity index (χ1n) is 6.72. The second-order valence-corrected chi connectivity index (χ2v) is 5.22.